The molecule has 5 aromatic carbocycles. The molecule has 0 bridgehead atoms. The fourth-order valence-corrected chi connectivity index (χ4v) is 6.21. The van der Waals surface area contributed by atoms with Gasteiger partial charge in [-0.1, -0.05) is 80.9 Å². The summed E-state index contributed by atoms with van der Waals surface area (Å²) in [5, 5.41) is 0. The summed E-state index contributed by atoms with van der Waals surface area (Å²) in [6.45, 7) is 8.26. The fourth-order valence-electron chi connectivity index (χ4n) is 6.21. The Balaban J connectivity index is 0.000000430. The van der Waals surface area contributed by atoms with Crippen LogP contribution in [0.2, 0.25) is 0 Å². The molecule has 11 heteroatoms. The number of nitrogens with zero attached hydrogens (tertiary/aromatic N) is 5. The Kier molecular flexibility index (Phi) is 31.7. The van der Waals surface area contributed by atoms with E-state index in [2.05, 4.69) is 107 Å². The molecule has 0 spiro atoms. The molecule has 70 heavy (non-hydrogen) atoms. The molecule has 5 nitrogen and oxygen atoms in total. The predicted molar refractivity (Wildman–Crippen MR) is 261 cm³/mol. The van der Waals surface area contributed by atoms with Gasteiger partial charge in [-0.25, -0.2) is 0 Å². The van der Waals surface area contributed by atoms with E-state index in [1.807, 2.05) is 146 Å². The minimum absolute atomic E-state index is 0. The van der Waals surface area contributed by atoms with Gasteiger partial charge in [-0.3, -0.25) is 4.39 Å². The van der Waals surface area contributed by atoms with Crippen molar-refractivity contribution in [3.8, 4) is 56.3 Å². The third-order valence-electron chi connectivity index (χ3n) is 9.34. The Morgan fingerprint density at radius 2 is 0.800 bits per heavy atom. The van der Waals surface area contributed by atoms with Crippen molar-refractivity contribution in [3.05, 3.63) is 271 Å². The predicted octanol–water partition coefficient (Wildman–Crippen LogP) is 14.1. The van der Waals surface area contributed by atoms with E-state index in [4.69, 9.17) is 0 Å². The molecule has 0 atom stereocenters. The van der Waals surface area contributed by atoms with Gasteiger partial charge in [-0.15, -0.1) is 172 Å². The second-order valence-corrected chi connectivity index (χ2v) is 14.5. The van der Waals surface area contributed by atoms with Crippen LogP contribution in [-0.4, -0.2) is 24.9 Å². The standard InChI is InChI=1S/C13H12N.2C12H10N.C11H7FN.C11H8N.5Ir/c1-10-7-11(2)9-12(8-10)13-5-3-4-6-14-13;1-10-5-7-11(8-6-10)12-4-2-3-9-13-12;1-10-6-5-9-13-12(10)11-7-3-2-4-8-11;12-10-6-4-9(5-7-10)11-3-1-2-8-13-11;1-2-6-10(7-3-1)11-8-4-5-9-12-11;;;;;/h3-8H,1-2H3;2*2-7,9H,1H3;1-4,6-8H;1-6,8-9H;;;;;/q5*-1;;;;;. The van der Waals surface area contributed by atoms with Crippen molar-refractivity contribution in [3.63, 3.8) is 0 Å². The second-order valence-electron chi connectivity index (χ2n) is 14.5. The first-order valence-corrected chi connectivity index (χ1v) is 21.0. The van der Waals surface area contributed by atoms with Gasteiger partial charge in [0.05, 0.1) is 0 Å². The van der Waals surface area contributed by atoms with Crippen molar-refractivity contribution in [2.45, 2.75) is 27.7 Å². The molecular weight excluding hydrogens is 1760 g/mol. The van der Waals surface area contributed by atoms with Crippen LogP contribution in [0.4, 0.5) is 4.39 Å². The minimum Gasteiger partial charge on any atom is -0.305 e. The molecule has 0 saturated heterocycles. The van der Waals surface area contributed by atoms with Gasteiger partial charge in [0.25, 0.3) is 0 Å². The first-order valence-electron chi connectivity index (χ1n) is 21.0. The summed E-state index contributed by atoms with van der Waals surface area (Å²) in [7, 11) is 0. The molecule has 0 aliphatic rings. The maximum absolute atomic E-state index is 12.6. The maximum atomic E-state index is 12.6. The summed E-state index contributed by atoms with van der Waals surface area (Å²) in [6.07, 6.45) is 8.90. The normalized spacial score (nSPS) is 9.21. The fraction of sp³-hybridized carbons (Fsp3) is 0.0678. The van der Waals surface area contributed by atoms with Crippen LogP contribution in [0.5, 0.6) is 0 Å². The van der Waals surface area contributed by atoms with E-state index < -0.39 is 0 Å². The minimum atomic E-state index is -0.278. The quantitative estimate of drug-likeness (QED) is 0.161. The number of aromatic nitrogens is 5. The number of rotatable bonds is 5. The van der Waals surface area contributed by atoms with Crippen molar-refractivity contribution >= 4 is 0 Å². The zero-order valence-corrected chi connectivity index (χ0v) is 50.5. The molecule has 0 fully saturated rings. The third kappa shape index (κ3) is 21.6. The summed E-state index contributed by atoms with van der Waals surface area (Å²) < 4.78 is 12.6. The van der Waals surface area contributed by atoms with Gasteiger partial charge in [-0.2, -0.15) is 0 Å². The number of halogens is 1. The van der Waals surface area contributed by atoms with E-state index in [0.717, 1.165) is 61.9 Å². The molecule has 5 heterocycles. The Morgan fingerprint density at radius 1 is 0.357 bits per heavy atom. The average Bonchev–Trinajstić information content (AvgIpc) is 3.37. The molecule has 5 aromatic heterocycles. The molecule has 0 aliphatic heterocycles. The smallest absolute Gasteiger partial charge is 0.0379 e. The molecule has 0 saturated carbocycles. The first kappa shape index (κ1) is 63.0. The van der Waals surface area contributed by atoms with Gasteiger partial charge < -0.3 is 24.9 Å². The van der Waals surface area contributed by atoms with Crippen molar-refractivity contribution in [2.75, 3.05) is 0 Å². The van der Waals surface area contributed by atoms with Crippen LogP contribution in [0.1, 0.15) is 22.3 Å². The Morgan fingerprint density at radius 3 is 1.20 bits per heavy atom. The first-order chi connectivity index (χ1) is 31.8. The van der Waals surface area contributed by atoms with E-state index >= 15 is 0 Å². The largest absolute Gasteiger partial charge is 0.305 e. The summed E-state index contributed by atoms with van der Waals surface area (Å²) in [6, 6.07) is 73.3. The van der Waals surface area contributed by atoms with Crippen LogP contribution >= 0.6 is 0 Å². The topological polar surface area (TPSA) is 64.5 Å². The Labute approximate surface area is 480 Å². The van der Waals surface area contributed by atoms with E-state index in [1.165, 1.54) is 28.8 Å². The summed E-state index contributed by atoms with van der Waals surface area (Å²) in [5.41, 5.74) is 14.6. The summed E-state index contributed by atoms with van der Waals surface area (Å²) >= 11 is 0. The number of benzene rings is 5. The number of hydrogen-bond acceptors (Lipinski definition) is 5. The maximum Gasteiger partial charge on any atom is 0.0379 e. The molecule has 5 radical (unpaired) electrons. The van der Waals surface area contributed by atoms with Gasteiger partial charge in [0.15, 0.2) is 0 Å². The third-order valence-corrected chi connectivity index (χ3v) is 9.34. The SMILES string of the molecule is Cc1[c-]c(-c2ccccn2)cc(C)c1.Cc1c[c-]c(-c2ccccn2)cc1.Cc1cccnc1-c1[c-]cccc1.Fc1c[c-]c(-c2ccccn2)cc1.[Ir].[Ir].[Ir].[Ir].[Ir].[c-]1ccccc1-c1ccccn1. The van der Waals surface area contributed by atoms with Crippen molar-refractivity contribution in [2.24, 2.45) is 0 Å². The Hall–Kier alpha value is -4.97. The van der Waals surface area contributed by atoms with Crippen LogP contribution in [0, 0.1) is 63.8 Å². The van der Waals surface area contributed by atoms with Gasteiger partial charge in [-0.05, 0) is 65.7 Å². The molecule has 0 unspecified atom stereocenters. The number of hydrogen-bond donors (Lipinski definition) is 0. The zero-order chi connectivity index (χ0) is 45.5. The molecule has 0 N–H and O–H groups in total. The zero-order valence-electron chi connectivity index (χ0n) is 38.5. The number of pyridine rings is 5. The van der Waals surface area contributed by atoms with E-state index in [1.54, 1.807) is 30.9 Å². The van der Waals surface area contributed by atoms with Gasteiger partial charge in [0, 0.05) is 137 Å². The van der Waals surface area contributed by atoms with E-state index in [0.29, 0.717) is 0 Å². The number of aryl methyl sites for hydroxylation is 4. The van der Waals surface area contributed by atoms with Gasteiger partial charge in [0.2, 0.25) is 0 Å². The molecular formula is C59H47FIr5N5-5. The molecule has 0 aliphatic carbocycles. The molecule has 365 valence electrons. The van der Waals surface area contributed by atoms with Crippen LogP contribution in [0.15, 0.2) is 213 Å². The average molecular weight is 1810 g/mol. The summed E-state index contributed by atoms with van der Waals surface area (Å²) in [4.78, 5) is 21.2. The molecule has 0 amide bonds. The summed E-state index contributed by atoms with van der Waals surface area (Å²) in [5.74, 6) is -0.278. The van der Waals surface area contributed by atoms with Crippen LogP contribution in [-0.2, 0) is 101 Å². The Bertz CT molecular complexity index is 2750. The monoisotopic (exact) mass is 1810 g/mol. The van der Waals surface area contributed by atoms with Gasteiger partial charge >= 0.3 is 0 Å². The van der Waals surface area contributed by atoms with Crippen molar-refractivity contribution in [1.29, 1.82) is 0 Å². The van der Waals surface area contributed by atoms with E-state index in [9.17, 15) is 4.39 Å². The van der Waals surface area contributed by atoms with Crippen LogP contribution in [0.25, 0.3) is 56.3 Å². The van der Waals surface area contributed by atoms with Crippen molar-refractivity contribution < 1.29 is 105 Å². The van der Waals surface area contributed by atoms with E-state index in [-0.39, 0.29) is 106 Å². The van der Waals surface area contributed by atoms with Crippen LogP contribution < -0.4 is 0 Å². The molecule has 10 rings (SSSR count). The van der Waals surface area contributed by atoms with Crippen LogP contribution in [0.3, 0.4) is 0 Å². The molecule has 10 aromatic rings. The van der Waals surface area contributed by atoms with Gasteiger partial charge in [0.1, 0.15) is 0 Å². The van der Waals surface area contributed by atoms with Crippen molar-refractivity contribution in [1.82, 2.24) is 24.9 Å². The second kappa shape index (κ2) is 35.2.